The minimum absolute atomic E-state index is 0.103. The summed E-state index contributed by atoms with van der Waals surface area (Å²) in [6.07, 6.45) is 3.78. The first-order chi connectivity index (χ1) is 18.2. The third kappa shape index (κ3) is 5.35. The van der Waals surface area contributed by atoms with Crippen LogP contribution in [0.3, 0.4) is 0 Å². The van der Waals surface area contributed by atoms with Crippen molar-refractivity contribution < 1.29 is 17.6 Å². The van der Waals surface area contributed by atoms with Crippen LogP contribution in [0.25, 0.3) is 11.3 Å². The molecule has 0 spiro atoms. The first-order valence-corrected chi connectivity index (χ1v) is 12.7. The molecule has 12 heteroatoms. The van der Waals surface area contributed by atoms with Crippen molar-refractivity contribution in [2.45, 2.75) is 50.4 Å². The van der Waals surface area contributed by atoms with Gasteiger partial charge in [0.05, 0.1) is 16.8 Å². The van der Waals surface area contributed by atoms with Gasteiger partial charge in [-0.1, -0.05) is 0 Å². The van der Waals surface area contributed by atoms with Crippen LogP contribution in [0.4, 0.5) is 29.2 Å². The van der Waals surface area contributed by atoms with Crippen molar-refractivity contribution in [3.63, 3.8) is 0 Å². The molecule has 4 heterocycles. The molecule has 5 rings (SSSR count). The summed E-state index contributed by atoms with van der Waals surface area (Å²) >= 11 is 0. The number of nitrogens with zero attached hydrogens (tertiary/aromatic N) is 6. The Morgan fingerprint density at radius 3 is 2.66 bits per heavy atom. The smallest absolute Gasteiger partial charge is 0.383 e. The van der Waals surface area contributed by atoms with Crippen LogP contribution in [0.2, 0.25) is 0 Å². The number of nitrogens with two attached hydrogens (primary N) is 1. The molecule has 3 aromatic rings. The van der Waals surface area contributed by atoms with Crippen molar-refractivity contribution in [2.75, 3.05) is 37.3 Å². The van der Waals surface area contributed by atoms with Crippen LogP contribution in [-0.2, 0) is 12.7 Å². The maximum Gasteiger partial charge on any atom is 0.419 e. The third-order valence-electron chi connectivity index (χ3n) is 7.27. The van der Waals surface area contributed by atoms with Crippen LogP contribution in [0, 0.1) is 5.82 Å². The zero-order chi connectivity index (χ0) is 26.9. The molecule has 1 atom stereocenters. The molecule has 2 aliphatic heterocycles. The molecule has 8 nitrogen and oxygen atoms in total. The number of nitrogens with one attached hydrogen (secondary N) is 1. The zero-order valence-corrected chi connectivity index (χ0v) is 21.0. The Bertz CT molecular complexity index is 1310. The van der Waals surface area contributed by atoms with Gasteiger partial charge in [-0.25, -0.2) is 19.3 Å². The predicted octanol–water partition coefficient (Wildman–Crippen LogP) is 4.26. The lowest BCUT2D eigenvalue weighted by molar-refractivity contribution is -0.139. The van der Waals surface area contributed by atoms with Crippen molar-refractivity contribution in [1.82, 2.24) is 24.8 Å². The summed E-state index contributed by atoms with van der Waals surface area (Å²) in [5, 5.41) is 3.48. The van der Waals surface area contributed by atoms with E-state index in [1.165, 1.54) is 12.4 Å². The Kier molecular flexibility index (Phi) is 7.33. The molecular weight excluding hydrogens is 500 g/mol. The lowest BCUT2D eigenvalue weighted by atomic mass is 9.95. The van der Waals surface area contributed by atoms with E-state index in [0.717, 1.165) is 56.0 Å². The fourth-order valence-corrected chi connectivity index (χ4v) is 5.35. The highest BCUT2D eigenvalue weighted by atomic mass is 19.4. The number of piperidine rings is 1. The van der Waals surface area contributed by atoms with Gasteiger partial charge in [-0.15, -0.1) is 0 Å². The Hall–Kier alpha value is -3.54. The minimum atomic E-state index is -4.78. The first-order valence-electron chi connectivity index (χ1n) is 12.7. The number of benzene rings is 1. The fraction of sp³-hybridized carbons (Fsp3) is 0.462. The average Bonchev–Trinajstić information content (AvgIpc) is 3.56. The first kappa shape index (κ1) is 26.1. The number of hydrogen-bond donors (Lipinski definition) is 2. The van der Waals surface area contributed by atoms with Gasteiger partial charge in [-0.2, -0.15) is 13.2 Å². The summed E-state index contributed by atoms with van der Waals surface area (Å²) in [5.41, 5.74) is 6.11. The molecule has 38 heavy (non-hydrogen) atoms. The van der Waals surface area contributed by atoms with Crippen molar-refractivity contribution >= 4 is 17.9 Å². The molecule has 0 amide bonds. The Labute approximate surface area is 218 Å². The van der Waals surface area contributed by atoms with Crippen LogP contribution in [0.1, 0.15) is 48.6 Å². The van der Waals surface area contributed by atoms with E-state index < -0.39 is 17.6 Å². The maximum atomic E-state index is 13.9. The number of rotatable bonds is 6. The molecule has 2 saturated heterocycles. The van der Waals surface area contributed by atoms with Crippen LogP contribution in [-0.4, -0.2) is 58.5 Å². The average molecular weight is 531 g/mol. The Balaban J connectivity index is 1.42. The van der Waals surface area contributed by atoms with Crippen molar-refractivity contribution in [1.29, 1.82) is 0 Å². The van der Waals surface area contributed by atoms with E-state index >= 15 is 0 Å². The van der Waals surface area contributed by atoms with Gasteiger partial charge in [0.2, 0.25) is 0 Å². The molecule has 0 radical (unpaired) electrons. The molecule has 2 fully saturated rings. The minimum Gasteiger partial charge on any atom is -0.383 e. The molecule has 0 aliphatic carbocycles. The maximum absolute atomic E-state index is 13.9. The standard InChI is InChI=1S/C26H30F4N8/c1-32-12-19-23(31)34-15-35-25(19)37-9-6-16(7-10-37)24-36-22(14-38(24)13-18-3-2-8-33-18)17-4-5-21(27)20(11-17)26(28,29)30/h4-5,11-12,14-16,18,33H,2-3,6-10,13H2,1H3,(H2,31,34,35)/b32-12+. The highest BCUT2D eigenvalue weighted by Crippen LogP contribution is 2.36. The molecule has 202 valence electrons. The summed E-state index contributed by atoms with van der Waals surface area (Å²) in [7, 11) is 1.66. The normalized spacial score (nSPS) is 19.1. The highest BCUT2D eigenvalue weighted by molar-refractivity contribution is 5.91. The molecule has 0 bridgehead atoms. The quantitative estimate of drug-likeness (QED) is 0.365. The summed E-state index contributed by atoms with van der Waals surface area (Å²) in [5.74, 6) is 0.743. The molecule has 0 saturated carbocycles. The van der Waals surface area contributed by atoms with E-state index in [1.54, 1.807) is 19.5 Å². The van der Waals surface area contributed by atoms with Crippen LogP contribution < -0.4 is 16.0 Å². The van der Waals surface area contributed by atoms with Crippen molar-refractivity contribution in [2.24, 2.45) is 4.99 Å². The second-order valence-electron chi connectivity index (χ2n) is 9.77. The van der Waals surface area contributed by atoms with Crippen LogP contribution in [0.5, 0.6) is 0 Å². The van der Waals surface area contributed by atoms with E-state index in [9.17, 15) is 17.6 Å². The molecule has 2 aromatic heterocycles. The lowest BCUT2D eigenvalue weighted by Gasteiger charge is -2.33. The molecule has 1 unspecified atom stereocenters. The highest BCUT2D eigenvalue weighted by Gasteiger charge is 2.35. The topological polar surface area (TPSA) is 97.2 Å². The zero-order valence-electron chi connectivity index (χ0n) is 21.0. The van der Waals surface area contributed by atoms with E-state index in [-0.39, 0.29) is 17.5 Å². The van der Waals surface area contributed by atoms with Gasteiger partial charge in [0.1, 0.15) is 29.6 Å². The number of imidazole rings is 1. The van der Waals surface area contributed by atoms with Gasteiger partial charge in [-0.05, 0) is 50.4 Å². The number of aliphatic imine (C=N–C) groups is 1. The second kappa shape index (κ2) is 10.7. The number of aromatic nitrogens is 4. The van der Waals surface area contributed by atoms with Gasteiger partial charge < -0.3 is 20.5 Å². The molecule has 1 aromatic carbocycles. The predicted molar refractivity (Wildman–Crippen MR) is 138 cm³/mol. The third-order valence-corrected chi connectivity index (χ3v) is 7.27. The number of nitrogen functional groups attached to an aromatic ring is 1. The summed E-state index contributed by atoms with van der Waals surface area (Å²) in [6.45, 7) is 3.02. The van der Waals surface area contributed by atoms with Gasteiger partial charge in [0.25, 0.3) is 0 Å². The van der Waals surface area contributed by atoms with Crippen LogP contribution in [0.15, 0.2) is 35.7 Å². The Morgan fingerprint density at radius 1 is 1.18 bits per heavy atom. The largest absolute Gasteiger partial charge is 0.419 e. The number of alkyl halides is 3. The fourth-order valence-electron chi connectivity index (χ4n) is 5.35. The molecule has 3 N–H and O–H groups in total. The van der Waals surface area contributed by atoms with E-state index in [4.69, 9.17) is 10.7 Å². The van der Waals surface area contributed by atoms with Gasteiger partial charge in [-0.3, -0.25) is 4.99 Å². The number of anilines is 2. The molecule has 2 aliphatic rings. The SMILES string of the molecule is C/N=C/c1c(N)ncnc1N1CCC(c2nc(-c3ccc(F)c(C(F)(F)F)c3)cn2CC2CCCN2)CC1. The molecular formula is C26H30F4N8. The van der Waals surface area contributed by atoms with Gasteiger partial charge in [0.15, 0.2) is 0 Å². The second-order valence-corrected chi connectivity index (χ2v) is 9.77. The lowest BCUT2D eigenvalue weighted by Crippen LogP contribution is -2.35. The number of hydrogen-bond acceptors (Lipinski definition) is 7. The monoisotopic (exact) mass is 530 g/mol. The van der Waals surface area contributed by atoms with Crippen LogP contribution >= 0.6 is 0 Å². The van der Waals surface area contributed by atoms with E-state index in [2.05, 4.69) is 29.7 Å². The number of halogens is 4. The summed E-state index contributed by atoms with van der Waals surface area (Å²) in [6, 6.07) is 3.33. The van der Waals surface area contributed by atoms with Crippen molar-refractivity contribution in [3.05, 3.63) is 53.5 Å². The van der Waals surface area contributed by atoms with Gasteiger partial charge in [0, 0.05) is 56.6 Å². The van der Waals surface area contributed by atoms with Crippen molar-refractivity contribution in [3.8, 4) is 11.3 Å². The Morgan fingerprint density at radius 2 is 1.97 bits per heavy atom. The van der Waals surface area contributed by atoms with Gasteiger partial charge >= 0.3 is 6.18 Å². The summed E-state index contributed by atoms with van der Waals surface area (Å²) in [4.78, 5) is 19.5. The van der Waals surface area contributed by atoms with E-state index in [1.807, 2.05) is 0 Å². The summed E-state index contributed by atoms with van der Waals surface area (Å²) < 4.78 is 56.1. The van der Waals surface area contributed by atoms with E-state index in [0.29, 0.717) is 36.7 Å².